The molecular weight excluding hydrogens is 378 g/mol. The number of likely N-dealkylation sites (tertiary alicyclic amines) is 1. The number of aliphatic imine (C=N–C) groups is 1. The molecule has 5 heteroatoms. The van der Waals surface area contributed by atoms with E-state index in [1.54, 1.807) is 0 Å². The number of carbonyl (C=O) groups is 1. The van der Waals surface area contributed by atoms with Crippen molar-refractivity contribution in [1.82, 2.24) is 9.80 Å². The fourth-order valence-electron chi connectivity index (χ4n) is 3.45. The van der Waals surface area contributed by atoms with E-state index < -0.39 is 0 Å². The van der Waals surface area contributed by atoms with E-state index in [2.05, 4.69) is 4.90 Å². The van der Waals surface area contributed by atoms with Gasteiger partial charge < -0.3 is 0 Å². The minimum atomic E-state index is 0.0352. The summed E-state index contributed by atoms with van der Waals surface area (Å²) in [5.41, 5.74) is 1.98. The van der Waals surface area contributed by atoms with Gasteiger partial charge in [0.05, 0.1) is 17.3 Å². The number of amidine groups is 1. The van der Waals surface area contributed by atoms with Crippen LogP contribution in [0.3, 0.4) is 0 Å². The molecule has 2 fully saturated rings. The van der Waals surface area contributed by atoms with Crippen LogP contribution in [-0.4, -0.2) is 40.6 Å². The molecule has 0 aliphatic carbocycles. The highest BCUT2D eigenvalue weighted by atomic mass is 32.2. The number of rotatable bonds is 5. The molecular formula is C24H25N3OS. The summed E-state index contributed by atoms with van der Waals surface area (Å²) in [7, 11) is 0. The summed E-state index contributed by atoms with van der Waals surface area (Å²) < 4.78 is 0. The first-order chi connectivity index (χ1) is 14.3. The van der Waals surface area contributed by atoms with Gasteiger partial charge in [-0.15, -0.1) is 0 Å². The third-order valence-electron chi connectivity index (χ3n) is 4.99. The molecule has 0 bridgehead atoms. The Kier molecular flexibility index (Phi) is 6.60. The van der Waals surface area contributed by atoms with Crippen molar-refractivity contribution >= 4 is 34.6 Å². The lowest BCUT2D eigenvalue weighted by Crippen LogP contribution is -2.43. The molecule has 2 aromatic rings. The molecule has 0 spiro atoms. The molecule has 0 unspecified atom stereocenters. The largest absolute Gasteiger partial charge is 0.286 e. The molecule has 148 valence electrons. The van der Waals surface area contributed by atoms with Crippen LogP contribution < -0.4 is 0 Å². The molecule has 2 aliphatic heterocycles. The molecule has 2 aliphatic rings. The first-order valence-electron chi connectivity index (χ1n) is 10.1. The fourth-order valence-corrected chi connectivity index (χ4v) is 4.40. The molecule has 29 heavy (non-hydrogen) atoms. The van der Waals surface area contributed by atoms with Crippen molar-refractivity contribution in [2.45, 2.75) is 19.3 Å². The number of thioether (sulfide) groups is 1. The van der Waals surface area contributed by atoms with Gasteiger partial charge in [0, 0.05) is 0 Å². The lowest BCUT2D eigenvalue weighted by Gasteiger charge is -2.30. The van der Waals surface area contributed by atoms with Gasteiger partial charge in [0.2, 0.25) is 0 Å². The number of carbonyl (C=O) groups excluding carboxylic acids is 1. The van der Waals surface area contributed by atoms with Crippen LogP contribution in [0.4, 0.5) is 5.69 Å². The van der Waals surface area contributed by atoms with Crippen LogP contribution in [0.15, 0.2) is 82.7 Å². The molecule has 0 N–H and O–H groups in total. The number of hydrogen-bond donors (Lipinski definition) is 0. The van der Waals surface area contributed by atoms with Crippen LogP contribution in [-0.2, 0) is 4.79 Å². The molecule has 2 aromatic carbocycles. The number of allylic oxidation sites excluding steroid dienone is 2. The molecule has 2 saturated heterocycles. The van der Waals surface area contributed by atoms with Gasteiger partial charge in [0.25, 0.3) is 5.91 Å². The van der Waals surface area contributed by atoms with E-state index in [4.69, 9.17) is 4.99 Å². The standard InChI is InChI=1S/C24H25N3OS/c28-23-22(16-10-13-20-11-4-1-5-12-20)29-24(25-21-14-6-2-7-15-21)27(23)19-26-17-8-3-9-18-26/h1-2,4-7,10-16H,3,8-9,17-19H2/b13-10+,22-16-,25-24?. The SMILES string of the molecule is O=C1/C(=C/C=C/c2ccccc2)SC(=Nc2ccccc2)N1CN1CCCCC1. The Morgan fingerprint density at radius 2 is 1.62 bits per heavy atom. The number of benzene rings is 2. The lowest BCUT2D eigenvalue weighted by molar-refractivity contribution is -0.123. The summed E-state index contributed by atoms with van der Waals surface area (Å²) >= 11 is 1.46. The summed E-state index contributed by atoms with van der Waals surface area (Å²) in [6.07, 6.45) is 9.53. The van der Waals surface area contributed by atoms with E-state index in [0.717, 1.165) is 29.5 Å². The van der Waals surface area contributed by atoms with Crippen molar-refractivity contribution in [3.8, 4) is 0 Å². The van der Waals surface area contributed by atoms with Crippen molar-refractivity contribution in [1.29, 1.82) is 0 Å². The van der Waals surface area contributed by atoms with Crippen molar-refractivity contribution < 1.29 is 4.79 Å². The van der Waals surface area contributed by atoms with E-state index >= 15 is 0 Å². The minimum Gasteiger partial charge on any atom is -0.286 e. The van der Waals surface area contributed by atoms with Crippen LogP contribution in [0.2, 0.25) is 0 Å². The van der Waals surface area contributed by atoms with Gasteiger partial charge in [0.15, 0.2) is 5.17 Å². The molecule has 4 nitrogen and oxygen atoms in total. The Balaban J connectivity index is 1.56. The zero-order valence-electron chi connectivity index (χ0n) is 16.4. The summed E-state index contributed by atoms with van der Waals surface area (Å²) in [4.78, 5) is 22.8. The normalized spacial score (nSPS) is 21.0. The maximum Gasteiger partial charge on any atom is 0.267 e. The van der Waals surface area contributed by atoms with Crippen LogP contribution >= 0.6 is 11.8 Å². The molecule has 1 amide bonds. The molecule has 0 aromatic heterocycles. The smallest absolute Gasteiger partial charge is 0.267 e. The maximum atomic E-state index is 13.1. The van der Waals surface area contributed by atoms with Gasteiger partial charge >= 0.3 is 0 Å². The van der Waals surface area contributed by atoms with Crippen molar-refractivity contribution in [2.75, 3.05) is 19.8 Å². The lowest BCUT2D eigenvalue weighted by atomic mass is 10.1. The molecule has 0 radical (unpaired) electrons. The average molecular weight is 404 g/mol. The third kappa shape index (κ3) is 5.25. The zero-order valence-corrected chi connectivity index (χ0v) is 17.2. The summed E-state index contributed by atoms with van der Waals surface area (Å²) in [6.45, 7) is 2.69. The Morgan fingerprint density at radius 1 is 0.931 bits per heavy atom. The summed E-state index contributed by atoms with van der Waals surface area (Å²) in [5.74, 6) is 0.0352. The van der Waals surface area contributed by atoms with Crippen LogP contribution in [0.1, 0.15) is 24.8 Å². The monoisotopic (exact) mass is 403 g/mol. The molecule has 0 saturated carbocycles. The van der Waals surface area contributed by atoms with Gasteiger partial charge in [0.1, 0.15) is 0 Å². The molecule has 0 atom stereocenters. The topological polar surface area (TPSA) is 35.9 Å². The van der Waals surface area contributed by atoms with E-state index in [9.17, 15) is 4.79 Å². The van der Waals surface area contributed by atoms with Crippen molar-refractivity contribution in [3.05, 3.63) is 83.3 Å². The van der Waals surface area contributed by atoms with E-state index in [1.807, 2.05) is 83.8 Å². The van der Waals surface area contributed by atoms with Gasteiger partial charge in [-0.3, -0.25) is 14.6 Å². The van der Waals surface area contributed by atoms with Crippen LogP contribution in [0, 0.1) is 0 Å². The van der Waals surface area contributed by atoms with E-state index in [1.165, 1.54) is 31.0 Å². The van der Waals surface area contributed by atoms with Crippen molar-refractivity contribution in [3.63, 3.8) is 0 Å². The predicted octanol–water partition coefficient (Wildman–Crippen LogP) is 5.29. The highest BCUT2D eigenvalue weighted by molar-refractivity contribution is 8.18. The summed E-state index contributed by atoms with van der Waals surface area (Å²) in [5, 5.41) is 0.756. The van der Waals surface area contributed by atoms with Gasteiger partial charge in [-0.05, 0) is 61.5 Å². The first-order valence-corrected chi connectivity index (χ1v) is 10.9. The first kappa shape index (κ1) is 19.7. The van der Waals surface area contributed by atoms with E-state index in [-0.39, 0.29) is 5.91 Å². The average Bonchev–Trinajstić information content (AvgIpc) is 3.05. The Morgan fingerprint density at radius 3 is 2.34 bits per heavy atom. The third-order valence-corrected chi connectivity index (χ3v) is 6.02. The number of para-hydroxylation sites is 1. The Hall–Kier alpha value is -2.63. The number of amides is 1. The Labute approximate surface area is 176 Å². The second-order valence-electron chi connectivity index (χ2n) is 7.19. The van der Waals surface area contributed by atoms with Gasteiger partial charge in [-0.25, -0.2) is 4.99 Å². The van der Waals surface area contributed by atoms with Crippen LogP contribution in [0.25, 0.3) is 6.08 Å². The second-order valence-corrected chi connectivity index (χ2v) is 8.20. The molecule has 4 rings (SSSR count). The zero-order chi connectivity index (χ0) is 19.9. The number of piperidine rings is 1. The van der Waals surface area contributed by atoms with Gasteiger partial charge in [-0.1, -0.05) is 67.1 Å². The quantitative estimate of drug-likeness (QED) is 0.637. The van der Waals surface area contributed by atoms with Crippen LogP contribution in [0.5, 0.6) is 0 Å². The predicted molar refractivity (Wildman–Crippen MR) is 122 cm³/mol. The van der Waals surface area contributed by atoms with E-state index in [0.29, 0.717) is 11.6 Å². The van der Waals surface area contributed by atoms with Gasteiger partial charge in [-0.2, -0.15) is 0 Å². The Bertz CT molecular complexity index is 916. The maximum absolute atomic E-state index is 13.1. The minimum absolute atomic E-state index is 0.0352. The van der Waals surface area contributed by atoms with Crippen molar-refractivity contribution in [2.24, 2.45) is 4.99 Å². The second kappa shape index (κ2) is 9.72. The highest BCUT2D eigenvalue weighted by Gasteiger charge is 2.34. The highest BCUT2D eigenvalue weighted by Crippen LogP contribution is 2.33. The number of hydrogen-bond acceptors (Lipinski definition) is 4. The number of nitrogens with zero attached hydrogens (tertiary/aromatic N) is 3. The summed E-state index contributed by atoms with van der Waals surface area (Å²) in [6, 6.07) is 19.9. The fraction of sp³-hybridized carbons (Fsp3) is 0.250. The molecule has 2 heterocycles.